The predicted octanol–water partition coefficient (Wildman–Crippen LogP) is 3.30. The van der Waals surface area contributed by atoms with Crippen molar-refractivity contribution in [3.05, 3.63) is 69.8 Å². The molecule has 3 rings (SSSR count). The maximum Gasteiger partial charge on any atom is 0.390 e. The summed E-state index contributed by atoms with van der Waals surface area (Å²) in [6, 6.07) is 15.3. The molecule has 1 unspecified atom stereocenters. The average Bonchev–Trinajstić information content (AvgIpc) is 2.72. The summed E-state index contributed by atoms with van der Waals surface area (Å²) < 4.78 is 11.4. The summed E-state index contributed by atoms with van der Waals surface area (Å²) in [6.07, 6.45) is 0.708. The van der Waals surface area contributed by atoms with E-state index >= 15 is 0 Å². The molecule has 1 heterocycles. The number of hydrogen-bond acceptors (Lipinski definition) is 6. The van der Waals surface area contributed by atoms with Crippen LogP contribution in [0.15, 0.2) is 48.5 Å². The fraction of sp³-hybridized carbons (Fsp3) is 0.400. The van der Waals surface area contributed by atoms with Gasteiger partial charge in [-0.25, -0.2) is 0 Å². The maximum absolute atomic E-state index is 10.8. The zero-order chi connectivity index (χ0) is 20.4. The molecule has 1 N–H and O–H groups in total. The highest BCUT2D eigenvalue weighted by Crippen LogP contribution is 2.32. The molecule has 0 aliphatic carbocycles. The number of benzene rings is 2. The van der Waals surface area contributed by atoms with E-state index in [1.807, 2.05) is 44.2 Å². The number of nitrogens with zero attached hydrogens (tertiary/aromatic N) is 1. The fourth-order valence-corrected chi connectivity index (χ4v) is 3.17. The van der Waals surface area contributed by atoms with Crippen molar-refractivity contribution in [2.75, 3.05) is 19.8 Å². The van der Waals surface area contributed by atoms with Gasteiger partial charge in [0.05, 0.1) is 25.6 Å². The molecule has 28 heavy (non-hydrogen) atoms. The fourth-order valence-electron chi connectivity index (χ4n) is 3.17. The molecule has 1 atom stereocenters. The Morgan fingerprint density at radius 1 is 1.11 bits per heavy atom. The molecule has 0 aromatic heterocycles. The molecule has 2 aromatic carbocycles. The summed E-state index contributed by atoms with van der Waals surface area (Å²) >= 11 is 0. The zero-order valence-corrected chi connectivity index (χ0v) is 16.2. The van der Waals surface area contributed by atoms with Crippen LogP contribution in [0.1, 0.15) is 37.2 Å². The molecule has 0 fully saturated rings. The second-order valence-electron chi connectivity index (χ2n) is 6.15. The van der Waals surface area contributed by atoms with Crippen LogP contribution in [0.2, 0.25) is 0 Å². The Balaban J connectivity index is 0.00000136. The Morgan fingerprint density at radius 2 is 1.86 bits per heavy atom. The standard InChI is InChI=1S/C18H20BNO6.C2H6/c21-20(22)12-16-15-8-4-9-17(18(15)19(16)26-23)25-11-5-10-24-13-14-6-2-1-3-7-14;1-2/h1-4,6-9,16,23H,5,10-13H2;1-2H3. The number of hydrogen-bond donors (Lipinski definition) is 1. The van der Waals surface area contributed by atoms with Crippen molar-refractivity contribution in [3.63, 3.8) is 0 Å². The monoisotopic (exact) mass is 387 g/mol. The predicted molar refractivity (Wildman–Crippen MR) is 108 cm³/mol. The highest BCUT2D eigenvalue weighted by molar-refractivity contribution is 6.75. The summed E-state index contributed by atoms with van der Waals surface area (Å²) in [4.78, 5) is 14.8. The normalized spacial score (nSPS) is 14.4. The van der Waals surface area contributed by atoms with Gasteiger partial charge in [0.15, 0.2) is 0 Å². The Hall–Kier alpha value is -2.42. The molecule has 1 aliphatic heterocycles. The van der Waals surface area contributed by atoms with E-state index in [-0.39, 0.29) is 6.54 Å². The highest BCUT2D eigenvalue weighted by Gasteiger charge is 2.49. The molecule has 8 heteroatoms. The van der Waals surface area contributed by atoms with Gasteiger partial charge in [0.25, 0.3) is 0 Å². The molecule has 0 bridgehead atoms. The summed E-state index contributed by atoms with van der Waals surface area (Å²) in [5.74, 6) is 0.131. The van der Waals surface area contributed by atoms with Crippen molar-refractivity contribution < 1.29 is 24.5 Å². The Kier molecular flexibility index (Phi) is 8.93. The van der Waals surface area contributed by atoms with E-state index < -0.39 is 17.7 Å². The average molecular weight is 387 g/mol. The van der Waals surface area contributed by atoms with E-state index in [1.54, 1.807) is 18.2 Å². The van der Waals surface area contributed by atoms with Crippen LogP contribution in [0.5, 0.6) is 5.75 Å². The molecule has 1 aliphatic rings. The first kappa shape index (κ1) is 21.9. The van der Waals surface area contributed by atoms with Crippen LogP contribution in [-0.2, 0) is 16.1 Å². The first-order chi connectivity index (χ1) is 13.7. The number of nitro groups is 1. The smallest absolute Gasteiger partial charge is 0.390 e. The minimum atomic E-state index is -0.721. The number of ether oxygens (including phenoxy) is 2. The third-order valence-electron chi connectivity index (χ3n) is 4.41. The molecular weight excluding hydrogens is 361 g/mol. The van der Waals surface area contributed by atoms with Crippen molar-refractivity contribution in [2.24, 2.45) is 0 Å². The molecule has 0 saturated carbocycles. The minimum Gasteiger partial charge on any atom is -0.494 e. The van der Waals surface area contributed by atoms with Crippen LogP contribution < -0.4 is 10.2 Å². The third kappa shape index (κ3) is 5.54. The van der Waals surface area contributed by atoms with Crippen molar-refractivity contribution in [3.8, 4) is 5.75 Å². The lowest BCUT2D eigenvalue weighted by Crippen LogP contribution is -2.55. The van der Waals surface area contributed by atoms with Crippen LogP contribution in [0.4, 0.5) is 0 Å². The van der Waals surface area contributed by atoms with E-state index in [9.17, 15) is 10.1 Å². The van der Waals surface area contributed by atoms with Crippen molar-refractivity contribution >= 4 is 12.4 Å². The van der Waals surface area contributed by atoms with Gasteiger partial charge >= 0.3 is 6.92 Å². The van der Waals surface area contributed by atoms with Gasteiger partial charge in [-0.15, -0.1) is 0 Å². The van der Waals surface area contributed by atoms with Gasteiger partial charge in [0.1, 0.15) is 5.75 Å². The van der Waals surface area contributed by atoms with Crippen LogP contribution in [0, 0.1) is 10.1 Å². The molecule has 2 aromatic rings. The van der Waals surface area contributed by atoms with Gasteiger partial charge in [-0.05, 0) is 17.2 Å². The first-order valence-electron chi connectivity index (χ1n) is 9.50. The molecule has 0 spiro atoms. The number of fused-ring (bicyclic) bond motifs is 1. The number of rotatable bonds is 10. The summed E-state index contributed by atoms with van der Waals surface area (Å²) in [5.41, 5.74) is 2.60. The lowest BCUT2D eigenvalue weighted by molar-refractivity contribution is -0.481. The highest BCUT2D eigenvalue weighted by atomic mass is 17.1. The van der Waals surface area contributed by atoms with E-state index in [1.165, 1.54) is 0 Å². The van der Waals surface area contributed by atoms with Crippen LogP contribution in [-0.4, -0.2) is 36.9 Å². The van der Waals surface area contributed by atoms with Crippen LogP contribution >= 0.6 is 0 Å². The summed E-state index contributed by atoms with van der Waals surface area (Å²) in [7, 11) is 0. The third-order valence-corrected chi connectivity index (χ3v) is 4.41. The van der Waals surface area contributed by atoms with Crippen molar-refractivity contribution in [2.45, 2.75) is 32.7 Å². The second-order valence-corrected chi connectivity index (χ2v) is 6.15. The van der Waals surface area contributed by atoms with E-state index in [0.717, 1.165) is 11.1 Å². The second kappa shape index (κ2) is 11.4. The van der Waals surface area contributed by atoms with Crippen LogP contribution in [0.3, 0.4) is 0 Å². The molecule has 150 valence electrons. The maximum atomic E-state index is 10.8. The Labute approximate surface area is 165 Å². The Morgan fingerprint density at radius 3 is 2.54 bits per heavy atom. The molecule has 0 amide bonds. The Bertz CT molecular complexity index is 743. The molecule has 0 radical (unpaired) electrons. The van der Waals surface area contributed by atoms with E-state index in [2.05, 4.69) is 4.81 Å². The lowest BCUT2D eigenvalue weighted by Gasteiger charge is -2.33. The molecule has 7 nitrogen and oxygen atoms in total. The minimum absolute atomic E-state index is 0.283. The SMILES string of the molecule is CC.O=[N+]([O-])CC1B(OO)c2c(OCCCOCc3ccccc3)cccc21. The van der Waals surface area contributed by atoms with Gasteiger partial charge in [0, 0.05) is 16.8 Å². The topological polar surface area (TPSA) is 91.1 Å². The van der Waals surface area contributed by atoms with E-state index in [0.29, 0.717) is 37.5 Å². The van der Waals surface area contributed by atoms with Gasteiger partial charge in [-0.3, -0.25) is 20.2 Å². The van der Waals surface area contributed by atoms with Gasteiger partial charge in [-0.1, -0.05) is 56.3 Å². The molecule has 0 saturated heterocycles. The van der Waals surface area contributed by atoms with Gasteiger partial charge in [0.2, 0.25) is 6.54 Å². The van der Waals surface area contributed by atoms with Crippen molar-refractivity contribution in [1.29, 1.82) is 0 Å². The van der Waals surface area contributed by atoms with E-state index in [4.69, 9.17) is 14.7 Å². The van der Waals surface area contributed by atoms with Crippen LogP contribution in [0.25, 0.3) is 0 Å². The van der Waals surface area contributed by atoms with Crippen molar-refractivity contribution in [1.82, 2.24) is 0 Å². The largest absolute Gasteiger partial charge is 0.494 e. The zero-order valence-electron chi connectivity index (χ0n) is 16.2. The van der Waals surface area contributed by atoms with Gasteiger partial charge < -0.3 is 9.47 Å². The summed E-state index contributed by atoms with van der Waals surface area (Å²) in [6.45, 7) is 4.57. The lowest BCUT2D eigenvalue weighted by atomic mass is 9.38. The van der Waals surface area contributed by atoms with Gasteiger partial charge in [-0.2, -0.15) is 0 Å². The summed E-state index contributed by atoms with van der Waals surface area (Å²) in [5, 5.41) is 19.8. The molecular formula is C20H26BNO6. The first-order valence-corrected chi connectivity index (χ1v) is 9.50. The quantitative estimate of drug-likeness (QED) is 0.221.